The van der Waals surface area contributed by atoms with Crippen molar-refractivity contribution in [3.63, 3.8) is 0 Å². The number of nitrogens with one attached hydrogen (secondary N) is 3. The smallest absolute Gasteiger partial charge is 0.407 e. The van der Waals surface area contributed by atoms with Crippen LogP contribution in [0.25, 0.3) is 0 Å². The van der Waals surface area contributed by atoms with Crippen molar-refractivity contribution in [2.75, 3.05) is 67.5 Å². The zero-order chi connectivity index (χ0) is 56.1. The topological polar surface area (TPSA) is 169 Å². The highest BCUT2D eigenvalue weighted by Gasteiger charge is 2.61. The first-order valence-corrected chi connectivity index (χ1v) is 32.0. The van der Waals surface area contributed by atoms with Crippen molar-refractivity contribution in [3.8, 4) is 0 Å². The van der Waals surface area contributed by atoms with Crippen LogP contribution in [0.4, 0.5) is 4.79 Å². The van der Waals surface area contributed by atoms with Gasteiger partial charge in [0.1, 0.15) is 12.1 Å². The lowest BCUT2D eigenvalue weighted by Crippen LogP contribution is -2.54. The molecular formula is C64H113N9O5. The van der Waals surface area contributed by atoms with Crippen molar-refractivity contribution in [3.05, 3.63) is 30.4 Å². The third-order valence-electron chi connectivity index (χ3n) is 20.4. The highest BCUT2D eigenvalue weighted by Crippen LogP contribution is 2.68. The van der Waals surface area contributed by atoms with Gasteiger partial charge in [-0.15, -0.1) is 0 Å². The third-order valence-corrected chi connectivity index (χ3v) is 20.4. The molecule has 1 saturated heterocycles. The van der Waals surface area contributed by atoms with Crippen LogP contribution in [-0.2, 0) is 25.5 Å². The van der Waals surface area contributed by atoms with Crippen LogP contribution in [0.3, 0.4) is 0 Å². The van der Waals surface area contributed by atoms with Gasteiger partial charge in [-0.25, -0.2) is 9.78 Å². The minimum atomic E-state index is -0.840. The number of hydrogen-bond donors (Lipinski definition) is 4. The van der Waals surface area contributed by atoms with Crippen molar-refractivity contribution in [2.45, 2.75) is 238 Å². The summed E-state index contributed by atoms with van der Waals surface area (Å²) in [5.41, 5.74) is 7.91. The van der Waals surface area contributed by atoms with Gasteiger partial charge in [-0.1, -0.05) is 97.6 Å². The quantitative estimate of drug-likeness (QED) is 0.0388. The predicted octanol–water partition coefficient (Wildman–Crippen LogP) is 11.3. The number of amides is 4. The molecule has 5 aliphatic rings. The van der Waals surface area contributed by atoms with Crippen LogP contribution < -0.4 is 16.4 Å². The molecule has 4 aliphatic carbocycles. The van der Waals surface area contributed by atoms with Crippen LogP contribution in [0.5, 0.6) is 0 Å². The van der Waals surface area contributed by atoms with Crippen molar-refractivity contribution >= 4 is 23.8 Å². The fourth-order valence-electron chi connectivity index (χ4n) is 16.0. The number of allylic oxidation sites excluding steroid dienone is 2. The lowest BCUT2D eigenvalue weighted by Gasteiger charge is -2.61. The number of unbranched alkanes of at least 4 members (excludes halogenated alkanes) is 12. The fraction of sp³-hybridized carbons (Fsp3) is 0.859. The molecule has 0 aromatic carbocycles. The van der Waals surface area contributed by atoms with Gasteiger partial charge in [-0.2, -0.15) is 0 Å². The number of hydrogen-bond acceptors (Lipinski definition) is 9. The number of alkyl carbamates (subject to hydrolysis) is 1. The van der Waals surface area contributed by atoms with Gasteiger partial charge in [-0.3, -0.25) is 14.4 Å². The number of fused-ring (bicyclic) bond motifs is 5. The minimum Gasteiger partial charge on any atom is -0.446 e. The van der Waals surface area contributed by atoms with E-state index in [2.05, 4.69) is 70.2 Å². The lowest BCUT2D eigenvalue weighted by molar-refractivity contribution is -0.144. The number of nitrogens with zero attached hydrogens (tertiary/aromatic N) is 5. The van der Waals surface area contributed by atoms with Crippen LogP contribution in [0.1, 0.15) is 213 Å². The third kappa shape index (κ3) is 18.5. The highest BCUT2D eigenvalue weighted by atomic mass is 16.6. The van der Waals surface area contributed by atoms with Gasteiger partial charge in [0.15, 0.2) is 0 Å². The molecule has 5 unspecified atom stereocenters. The van der Waals surface area contributed by atoms with E-state index in [4.69, 9.17) is 10.5 Å². The molecule has 0 radical (unpaired) electrons. The molecule has 1 aliphatic heterocycles. The molecule has 0 spiro atoms. The Bertz CT molecular complexity index is 1950. The summed E-state index contributed by atoms with van der Waals surface area (Å²) >= 11 is 0. The maximum atomic E-state index is 14.5. The molecule has 1 aromatic rings. The van der Waals surface area contributed by atoms with Crippen molar-refractivity contribution in [2.24, 2.45) is 52.1 Å². The van der Waals surface area contributed by atoms with Crippen LogP contribution in [0.2, 0.25) is 0 Å². The molecule has 5 fully saturated rings. The van der Waals surface area contributed by atoms with E-state index in [-0.39, 0.29) is 47.9 Å². The zero-order valence-corrected chi connectivity index (χ0v) is 50.7. The number of carbonyl (C=O) groups is 4. The number of nitrogens with two attached hydrogens (primary N) is 1. The van der Waals surface area contributed by atoms with E-state index in [0.29, 0.717) is 62.1 Å². The van der Waals surface area contributed by atoms with Crippen molar-refractivity contribution in [1.82, 2.24) is 40.2 Å². The maximum absolute atomic E-state index is 14.5. The standard InChI is InChI=1S/C64H113N9O5/c1-9-10-11-12-13-14-15-16-17-18-19-20-21-22-23-24-37-67-62(77)78-52-33-35-63(3)49(42-52)28-29-53-55-31-30-54(64(55,4)36-34-56(53)63)48(2)27-32-59(74)69-51-44-58(73(46-51)60(75)57(65)43-50-45-66-47-68-50)61(76)72(40-25-38-70(5)6)41-26-39-71(7)8/h16-17,45,47-49,51-58H,9-15,18-44,46,65H2,1-8H3,(H,66,68)(H,67,77)(H,69,74)/t48-,49?,51+,52-,53?,54-,55?,56?,57?,58+,63+,64-/m1/s1. The van der Waals surface area contributed by atoms with Crippen molar-refractivity contribution in [1.29, 1.82) is 0 Å². The molecule has 4 saturated carbocycles. The zero-order valence-electron chi connectivity index (χ0n) is 50.7. The van der Waals surface area contributed by atoms with E-state index in [0.717, 1.165) is 87.9 Å². The number of imidazole rings is 1. The number of carbonyl (C=O) groups excluding carboxylic acids is 4. The summed E-state index contributed by atoms with van der Waals surface area (Å²) < 4.78 is 6.12. The first kappa shape index (κ1) is 63.7. The summed E-state index contributed by atoms with van der Waals surface area (Å²) in [6, 6.07) is -1.85. The van der Waals surface area contributed by atoms with Crippen LogP contribution in [0, 0.1) is 46.3 Å². The van der Waals surface area contributed by atoms with Gasteiger partial charge in [-0.05, 0) is 203 Å². The van der Waals surface area contributed by atoms with Gasteiger partial charge >= 0.3 is 6.09 Å². The highest BCUT2D eigenvalue weighted by molar-refractivity contribution is 5.91. The van der Waals surface area contributed by atoms with Gasteiger partial charge < -0.3 is 45.7 Å². The second kappa shape index (κ2) is 32.2. The number of ether oxygens (including phenoxy) is 1. The SMILES string of the molecule is CCCCCCCCC=CCCCCCCCCNC(=O)O[C@@H]1CC[C@@]2(C)C(CCC3C2CC[C@@]2(C)C3CC[C@@H]2[C@H](C)CCC(=O)N[C@H]2C[C@@H](C(=O)N(CCCN(C)C)CCCN(C)C)N(C(=O)C(N)Cc3cnc[nH]3)C2)C1. The second-order valence-corrected chi connectivity index (χ2v) is 26.6. The molecular weight excluding hydrogens is 975 g/mol. The molecule has 14 heteroatoms. The molecule has 5 N–H and O–H groups in total. The predicted molar refractivity (Wildman–Crippen MR) is 317 cm³/mol. The molecule has 1 aromatic heterocycles. The van der Waals surface area contributed by atoms with Crippen LogP contribution in [0.15, 0.2) is 24.7 Å². The van der Waals surface area contributed by atoms with E-state index < -0.39 is 12.1 Å². The first-order valence-electron chi connectivity index (χ1n) is 32.0. The molecule has 444 valence electrons. The molecule has 78 heavy (non-hydrogen) atoms. The molecule has 2 heterocycles. The van der Waals surface area contributed by atoms with E-state index in [1.807, 2.05) is 33.1 Å². The van der Waals surface area contributed by atoms with E-state index in [1.165, 1.54) is 116 Å². The van der Waals surface area contributed by atoms with Gasteiger partial charge in [0.25, 0.3) is 0 Å². The molecule has 6 rings (SSSR count). The van der Waals surface area contributed by atoms with Gasteiger partial charge in [0, 0.05) is 57.0 Å². The van der Waals surface area contributed by atoms with E-state index in [1.54, 1.807) is 17.4 Å². The summed E-state index contributed by atoms with van der Waals surface area (Å²) in [6.07, 6.45) is 40.1. The number of H-pyrrole nitrogens is 1. The van der Waals surface area contributed by atoms with Crippen LogP contribution >= 0.6 is 0 Å². The first-order chi connectivity index (χ1) is 37.5. The molecule has 0 bridgehead atoms. The Kier molecular flexibility index (Phi) is 26.3. The van der Waals surface area contributed by atoms with Gasteiger partial charge in [0.05, 0.1) is 12.4 Å². The summed E-state index contributed by atoms with van der Waals surface area (Å²) in [5, 5.41) is 6.40. The fourth-order valence-corrected chi connectivity index (χ4v) is 16.0. The second-order valence-electron chi connectivity index (χ2n) is 26.6. The number of aromatic amines is 1. The normalized spacial score (nSPS) is 28.6. The Morgan fingerprint density at radius 2 is 1.44 bits per heavy atom. The van der Waals surface area contributed by atoms with Gasteiger partial charge in [0.2, 0.25) is 17.7 Å². The Morgan fingerprint density at radius 3 is 2.09 bits per heavy atom. The summed E-state index contributed by atoms with van der Waals surface area (Å²) in [7, 11) is 8.16. The van der Waals surface area contributed by atoms with E-state index in [9.17, 15) is 19.2 Å². The Morgan fingerprint density at radius 1 is 0.795 bits per heavy atom. The van der Waals surface area contributed by atoms with E-state index >= 15 is 0 Å². The number of rotatable bonds is 34. The minimum absolute atomic E-state index is 0.00314. The number of aromatic nitrogens is 2. The maximum Gasteiger partial charge on any atom is 0.407 e. The summed E-state index contributed by atoms with van der Waals surface area (Å²) in [6.45, 7) is 13.8. The average molecular weight is 1090 g/mol. The van der Waals surface area contributed by atoms with Crippen molar-refractivity contribution < 1.29 is 23.9 Å². The molecule has 4 amide bonds. The average Bonchev–Trinajstić information content (AvgIpc) is 4.16. The Labute approximate surface area is 474 Å². The lowest BCUT2D eigenvalue weighted by atomic mass is 9.44. The van der Waals surface area contributed by atoms with Crippen LogP contribution in [-0.4, -0.2) is 145 Å². The molecule has 12 atom stereocenters. The number of likely N-dealkylation sites (tertiary alicyclic amines) is 1. The Hall–Kier alpha value is -3.49. The largest absolute Gasteiger partial charge is 0.446 e. The Balaban J connectivity index is 0.917. The monoisotopic (exact) mass is 1090 g/mol. The molecule has 14 nitrogen and oxygen atoms in total. The summed E-state index contributed by atoms with van der Waals surface area (Å²) in [5.74, 6) is 3.49. The summed E-state index contributed by atoms with van der Waals surface area (Å²) in [4.78, 5) is 70.6.